The molecule has 0 aliphatic carbocycles. The van der Waals surface area contributed by atoms with Crippen LogP contribution in [0, 0.1) is 6.92 Å². The highest BCUT2D eigenvalue weighted by Crippen LogP contribution is 2.24. The molecule has 0 amide bonds. The summed E-state index contributed by atoms with van der Waals surface area (Å²) >= 11 is 7.15. The van der Waals surface area contributed by atoms with Gasteiger partial charge < -0.3 is 5.32 Å². The molecular formula is C20H18ClN5O2S2. The Kier molecular flexibility index (Phi) is 5.76. The van der Waals surface area contributed by atoms with Gasteiger partial charge in [-0.1, -0.05) is 23.7 Å². The molecule has 2 aromatic heterocycles. The third-order valence-electron chi connectivity index (χ3n) is 4.29. The standard InChI is InChI=1S/C20H18ClN5O2S2/c1-14-12-17(6-7-18(14)30(27,28)25-20-22-9-11-29-20)23-19-8-10-26(24-19)13-15-2-4-16(21)5-3-15/h2-12H,13H2,1H3,(H,22,25)(H,23,24). The molecular weight excluding hydrogens is 442 g/mol. The smallest absolute Gasteiger partial charge is 0.263 e. The molecule has 30 heavy (non-hydrogen) atoms. The molecule has 2 N–H and O–H groups in total. The van der Waals surface area contributed by atoms with Gasteiger partial charge in [0.15, 0.2) is 10.9 Å². The second-order valence-corrected chi connectivity index (χ2v) is 9.55. The molecule has 2 heterocycles. The molecule has 4 rings (SSSR count). The zero-order valence-electron chi connectivity index (χ0n) is 15.9. The van der Waals surface area contributed by atoms with Gasteiger partial charge >= 0.3 is 0 Å². The van der Waals surface area contributed by atoms with Gasteiger partial charge in [-0.2, -0.15) is 5.10 Å². The molecule has 4 aromatic rings. The van der Waals surface area contributed by atoms with Gasteiger partial charge in [-0.25, -0.2) is 13.4 Å². The van der Waals surface area contributed by atoms with E-state index in [0.717, 1.165) is 11.3 Å². The number of sulfonamides is 1. The summed E-state index contributed by atoms with van der Waals surface area (Å²) in [6.07, 6.45) is 3.43. The van der Waals surface area contributed by atoms with Gasteiger partial charge in [0.25, 0.3) is 10.0 Å². The summed E-state index contributed by atoms with van der Waals surface area (Å²) in [5, 5.41) is 10.5. The van der Waals surface area contributed by atoms with E-state index in [1.54, 1.807) is 36.7 Å². The van der Waals surface area contributed by atoms with Gasteiger partial charge in [0.2, 0.25) is 0 Å². The largest absolute Gasteiger partial charge is 0.339 e. The third kappa shape index (κ3) is 4.81. The van der Waals surface area contributed by atoms with Crippen LogP contribution >= 0.6 is 22.9 Å². The quantitative estimate of drug-likeness (QED) is 0.410. The summed E-state index contributed by atoms with van der Waals surface area (Å²) in [5.41, 5.74) is 2.45. The van der Waals surface area contributed by atoms with Crippen LogP contribution in [-0.4, -0.2) is 23.2 Å². The van der Waals surface area contributed by atoms with Crippen LogP contribution in [0.1, 0.15) is 11.1 Å². The molecule has 0 aliphatic rings. The van der Waals surface area contributed by atoms with Crippen LogP contribution in [-0.2, 0) is 16.6 Å². The molecule has 0 aliphatic heterocycles. The summed E-state index contributed by atoms with van der Waals surface area (Å²) in [6, 6.07) is 14.5. The lowest BCUT2D eigenvalue weighted by atomic mass is 10.2. The molecule has 0 atom stereocenters. The van der Waals surface area contributed by atoms with Crippen LogP contribution in [0.4, 0.5) is 16.6 Å². The lowest BCUT2D eigenvalue weighted by Gasteiger charge is -2.10. The number of aromatic nitrogens is 3. The van der Waals surface area contributed by atoms with E-state index in [2.05, 4.69) is 20.1 Å². The average molecular weight is 460 g/mol. The normalized spacial score (nSPS) is 11.4. The van der Waals surface area contributed by atoms with Crippen LogP contribution < -0.4 is 10.0 Å². The van der Waals surface area contributed by atoms with Crippen molar-refractivity contribution >= 4 is 49.6 Å². The van der Waals surface area contributed by atoms with Crippen molar-refractivity contribution < 1.29 is 8.42 Å². The first-order valence-electron chi connectivity index (χ1n) is 8.97. The molecule has 2 aromatic carbocycles. The van der Waals surface area contributed by atoms with Crippen molar-refractivity contribution in [3.05, 3.63) is 82.5 Å². The molecule has 7 nitrogen and oxygen atoms in total. The lowest BCUT2D eigenvalue weighted by molar-refractivity contribution is 0.600. The Hall–Kier alpha value is -2.88. The first kappa shape index (κ1) is 20.4. The number of aryl methyl sites for hydroxylation is 1. The average Bonchev–Trinajstić information content (AvgIpc) is 3.35. The zero-order chi connectivity index (χ0) is 21.1. The van der Waals surface area contributed by atoms with Crippen molar-refractivity contribution in [2.24, 2.45) is 0 Å². The summed E-state index contributed by atoms with van der Waals surface area (Å²) < 4.78 is 29.5. The van der Waals surface area contributed by atoms with E-state index in [-0.39, 0.29) is 4.90 Å². The molecule has 0 saturated carbocycles. The van der Waals surface area contributed by atoms with E-state index in [1.165, 1.54) is 11.3 Å². The van der Waals surface area contributed by atoms with Crippen molar-refractivity contribution in [2.45, 2.75) is 18.4 Å². The Morgan fingerprint density at radius 2 is 1.93 bits per heavy atom. The van der Waals surface area contributed by atoms with Crippen LogP contribution in [0.2, 0.25) is 5.02 Å². The van der Waals surface area contributed by atoms with Crippen molar-refractivity contribution in [2.75, 3.05) is 10.0 Å². The van der Waals surface area contributed by atoms with Crippen molar-refractivity contribution in [1.29, 1.82) is 0 Å². The monoisotopic (exact) mass is 459 g/mol. The highest BCUT2D eigenvalue weighted by molar-refractivity contribution is 7.93. The van der Waals surface area contributed by atoms with Crippen molar-refractivity contribution in [3.8, 4) is 0 Å². The van der Waals surface area contributed by atoms with Gasteiger partial charge in [0, 0.05) is 34.6 Å². The number of nitrogens with zero attached hydrogens (tertiary/aromatic N) is 3. The van der Waals surface area contributed by atoms with E-state index >= 15 is 0 Å². The topological polar surface area (TPSA) is 88.9 Å². The molecule has 0 bridgehead atoms. The van der Waals surface area contributed by atoms with Crippen LogP contribution in [0.5, 0.6) is 0 Å². The summed E-state index contributed by atoms with van der Waals surface area (Å²) in [6.45, 7) is 2.37. The number of thiazole rings is 1. The fourth-order valence-electron chi connectivity index (χ4n) is 2.91. The second-order valence-electron chi connectivity index (χ2n) is 6.57. The Balaban J connectivity index is 1.46. The SMILES string of the molecule is Cc1cc(Nc2ccn(Cc3ccc(Cl)cc3)n2)ccc1S(=O)(=O)Nc1nccs1. The fourth-order valence-corrected chi connectivity index (χ4v) is 5.06. The zero-order valence-corrected chi connectivity index (χ0v) is 18.3. The number of anilines is 3. The number of rotatable bonds is 7. The molecule has 0 saturated heterocycles. The maximum absolute atomic E-state index is 12.6. The van der Waals surface area contributed by atoms with E-state index in [4.69, 9.17) is 11.6 Å². The minimum atomic E-state index is -3.70. The predicted octanol–water partition coefficient (Wildman–Crippen LogP) is 4.89. The molecule has 154 valence electrons. The third-order valence-corrected chi connectivity index (χ3v) is 6.86. The predicted molar refractivity (Wildman–Crippen MR) is 120 cm³/mol. The van der Waals surface area contributed by atoms with Gasteiger partial charge in [-0.05, 0) is 48.4 Å². The maximum Gasteiger partial charge on any atom is 0.263 e. The van der Waals surface area contributed by atoms with E-state index in [1.807, 2.05) is 41.2 Å². The molecule has 0 spiro atoms. The van der Waals surface area contributed by atoms with Crippen LogP contribution in [0.3, 0.4) is 0 Å². The maximum atomic E-state index is 12.6. The highest BCUT2D eigenvalue weighted by Gasteiger charge is 2.18. The molecule has 0 unspecified atom stereocenters. The van der Waals surface area contributed by atoms with Gasteiger partial charge in [0.05, 0.1) is 11.4 Å². The highest BCUT2D eigenvalue weighted by atomic mass is 35.5. The van der Waals surface area contributed by atoms with Crippen molar-refractivity contribution in [1.82, 2.24) is 14.8 Å². The fraction of sp³-hybridized carbons (Fsp3) is 0.100. The Morgan fingerprint density at radius 1 is 1.13 bits per heavy atom. The van der Waals surface area contributed by atoms with Gasteiger partial charge in [-0.15, -0.1) is 11.3 Å². The van der Waals surface area contributed by atoms with E-state index in [9.17, 15) is 8.42 Å². The lowest BCUT2D eigenvalue weighted by Crippen LogP contribution is -2.14. The number of benzene rings is 2. The number of halogens is 1. The van der Waals surface area contributed by atoms with Crippen LogP contribution in [0.15, 0.2) is 71.2 Å². The first-order valence-corrected chi connectivity index (χ1v) is 11.7. The number of hydrogen-bond acceptors (Lipinski definition) is 6. The number of hydrogen-bond donors (Lipinski definition) is 2. The Labute approximate surface area is 183 Å². The van der Waals surface area contributed by atoms with Gasteiger partial charge in [0.1, 0.15) is 0 Å². The van der Waals surface area contributed by atoms with Crippen LogP contribution in [0.25, 0.3) is 0 Å². The van der Waals surface area contributed by atoms with Gasteiger partial charge in [-0.3, -0.25) is 9.40 Å². The Bertz CT molecular complexity index is 1250. The summed E-state index contributed by atoms with van der Waals surface area (Å²) in [5.74, 6) is 0.667. The molecule has 0 radical (unpaired) electrons. The minimum Gasteiger partial charge on any atom is -0.339 e. The van der Waals surface area contributed by atoms with E-state index < -0.39 is 10.0 Å². The second kappa shape index (κ2) is 8.47. The summed E-state index contributed by atoms with van der Waals surface area (Å²) in [4.78, 5) is 4.17. The van der Waals surface area contributed by atoms with E-state index in [0.29, 0.717) is 28.1 Å². The van der Waals surface area contributed by atoms with Crippen molar-refractivity contribution in [3.63, 3.8) is 0 Å². The number of nitrogens with one attached hydrogen (secondary N) is 2. The minimum absolute atomic E-state index is 0.205. The molecule has 0 fully saturated rings. The summed E-state index contributed by atoms with van der Waals surface area (Å²) in [7, 11) is -3.70. The first-order chi connectivity index (χ1) is 14.4. The molecule has 10 heteroatoms. The Morgan fingerprint density at radius 3 is 2.63 bits per heavy atom.